The topological polar surface area (TPSA) is 32.3 Å². The van der Waals surface area contributed by atoms with E-state index in [-0.39, 0.29) is 6.03 Å². The first-order chi connectivity index (χ1) is 5.64. The highest BCUT2D eigenvalue weighted by Gasteiger charge is 2.58. The highest BCUT2D eigenvalue weighted by molar-refractivity contribution is 5.74. The molecule has 12 heavy (non-hydrogen) atoms. The quantitative estimate of drug-likeness (QED) is 0.627. The number of nitrogens with zero attached hydrogens (tertiary/aromatic N) is 1. The van der Waals surface area contributed by atoms with Gasteiger partial charge in [-0.15, -0.1) is 0 Å². The first-order valence-electron chi connectivity index (χ1n) is 4.62. The maximum atomic E-state index is 11.2. The van der Waals surface area contributed by atoms with Crippen molar-refractivity contribution in [3.05, 3.63) is 0 Å². The fourth-order valence-electron chi connectivity index (χ4n) is 2.01. The Morgan fingerprint density at radius 1 is 1.50 bits per heavy atom. The number of rotatable bonds is 1. The summed E-state index contributed by atoms with van der Waals surface area (Å²) in [7, 11) is 3.57. The van der Waals surface area contributed by atoms with Crippen molar-refractivity contribution in [2.24, 2.45) is 5.41 Å². The molecule has 3 heteroatoms. The third kappa shape index (κ3) is 1.08. The van der Waals surface area contributed by atoms with Gasteiger partial charge >= 0.3 is 6.03 Å². The molecule has 0 heterocycles. The molecule has 0 radical (unpaired) electrons. The van der Waals surface area contributed by atoms with Crippen LogP contribution in [0.2, 0.25) is 0 Å². The second-order valence-corrected chi connectivity index (χ2v) is 4.32. The molecule has 0 saturated heterocycles. The number of hydrogen-bond acceptors (Lipinski definition) is 1. The molecule has 2 rings (SSSR count). The predicted octanol–water partition coefficient (Wildman–Crippen LogP) is 1.20. The van der Waals surface area contributed by atoms with E-state index in [4.69, 9.17) is 0 Å². The molecule has 0 aromatic rings. The molecule has 1 spiro atoms. The maximum absolute atomic E-state index is 11.2. The van der Waals surface area contributed by atoms with Crippen molar-refractivity contribution >= 4 is 6.03 Å². The van der Waals surface area contributed by atoms with Crippen LogP contribution >= 0.6 is 0 Å². The predicted molar refractivity (Wildman–Crippen MR) is 46.9 cm³/mol. The molecule has 68 valence electrons. The first-order valence-corrected chi connectivity index (χ1v) is 4.62. The van der Waals surface area contributed by atoms with E-state index in [1.807, 2.05) is 0 Å². The van der Waals surface area contributed by atoms with Gasteiger partial charge in [0.1, 0.15) is 0 Å². The summed E-state index contributed by atoms with van der Waals surface area (Å²) in [6.07, 6.45) is 5.22. The lowest BCUT2D eigenvalue weighted by Crippen LogP contribution is -2.39. The van der Waals surface area contributed by atoms with Crippen molar-refractivity contribution in [2.45, 2.75) is 31.7 Å². The van der Waals surface area contributed by atoms with Gasteiger partial charge in [0.05, 0.1) is 0 Å². The van der Waals surface area contributed by atoms with Crippen molar-refractivity contribution in [3.63, 3.8) is 0 Å². The summed E-state index contributed by atoms with van der Waals surface area (Å²) < 4.78 is 0. The zero-order chi connectivity index (χ0) is 8.77. The molecule has 2 aliphatic carbocycles. The van der Waals surface area contributed by atoms with E-state index < -0.39 is 0 Å². The Morgan fingerprint density at radius 2 is 2.17 bits per heavy atom. The molecule has 2 aliphatic rings. The Kier molecular flexibility index (Phi) is 1.56. The van der Waals surface area contributed by atoms with E-state index >= 15 is 0 Å². The van der Waals surface area contributed by atoms with E-state index in [0.717, 1.165) is 0 Å². The van der Waals surface area contributed by atoms with E-state index in [0.29, 0.717) is 11.5 Å². The molecule has 1 atom stereocenters. The van der Waals surface area contributed by atoms with Crippen LogP contribution in [0.4, 0.5) is 4.79 Å². The van der Waals surface area contributed by atoms with Gasteiger partial charge in [-0.05, 0) is 24.7 Å². The normalized spacial score (nSPS) is 29.3. The molecular formula is C9H16N2O. The van der Waals surface area contributed by atoms with Crippen LogP contribution in [0, 0.1) is 5.41 Å². The molecule has 3 nitrogen and oxygen atoms in total. The monoisotopic (exact) mass is 168 g/mol. The lowest BCUT2D eigenvalue weighted by atomic mass is 9.81. The minimum atomic E-state index is 0.0591. The van der Waals surface area contributed by atoms with Gasteiger partial charge in [-0.3, -0.25) is 0 Å². The second kappa shape index (κ2) is 2.38. The fraction of sp³-hybridized carbons (Fsp3) is 0.889. The minimum absolute atomic E-state index is 0.0591. The Balaban J connectivity index is 1.79. The Labute approximate surface area is 73.1 Å². The van der Waals surface area contributed by atoms with Gasteiger partial charge in [-0.25, -0.2) is 4.79 Å². The lowest BCUT2D eigenvalue weighted by molar-refractivity contribution is 0.208. The Morgan fingerprint density at radius 3 is 2.50 bits per heavy atom. The number of carbonyl (C=O) groups is 1. The van der Waals surface area contributed by atoms with E-state index in [1.54, 1.807) is 19.0 Å². The number of carbonyl (C=O) groups excluding carboxylic acids is 1. The van der Waals surface area contributed by atoms with Crippen LogP contribution in [0.1, 0.15) is 25.7 Å². The summed E-state index contributed by atoms with van der Waals surface area (Å²) in [6.45, 7) is 0. The standard InChI is InChI=1S/C9H16N2O/c1-11(2)8(12)10-7-6-9(7)4-3-5-9/h7H,3-6H2,1-2H3,(H,10,12). The zero-order valence-electron chi connectivity index (χ0n) is 7.76. The van der Waals surface area contributed by atoms with Crippen molar-refractivity contribution < 1.29 is 4.79 Å². The second-order valence-electron chi connectivity index (χ2n) is 4.32. The average molecular weight is 168 g/mol. The van der Waals surface area contributed by atoms with Gasteiger partial charge < -0.3 is 10.2 Å². The molecule has 1 N–H and O–H groups in total. The van der Waals surface area contributed by atoms with Crippen LogP contribution in [0.3, 0.4) is 0 Å². The van der Waals surface area contributed by atoms with Crippen LogP contribution < -0.4 is 5.32 Å². The number of nitrogens with one attached hydrogen (secondary N) is 1. The van der Waals surface area contributed by atoms with Crippen LogP contribution in [0.15, 0.2) is 0 Å². The molecule has 1 unspecified atom stereocenters. The summed E-state index contributed by atoms with van der Waals surface area (Å²) in [4.78, 5) is 12.8. The van der Waals surface area contributed by atoms with E-state index in [1.165, 1.54) is 25.7 Å². The number of urea groups is 1. The van der Waals surface area contributed by atoms with Crippen LogP contribution in [-0.4, -0.2) is 31.1 Å². The van der Waals surface area contributed by atoms with Gasteiger partial charge in [0.15, 0.2) is 0 Å². The molecule has 0 aromatic carbocycles. The highest BCUT2D eigenvalue weighted by Crippen LogP contribution is 2.60. The lowest BCUT2D eigenvalue weighted by Gasteiger charge is -2.27. The van der Waals surface area contributed by atoms with Crippen molar-refractivity contribution in [2.75, 3.05) is 14.1 Å². The van der Waals surface area contributed by atoms with Gasteiger partial charge in [0.25, 0.3) is 0 Å². The molecule has 0 bridgehead atoms. The maximum Gasteiger partial charge on any atom is 0.317 e. The average Bonchev–Trinajstić information content (AvgIpc) is 2.61. The van der Waals surface area contributed by atoms with Crippen molar-refractivity contribution in [3.8, 4) is 0 Å². The van der Waals surface area contributed by atoms with Crippen molar-refractivity contribution in [1.29, 1.82) is 0 Å². The molecular weight excluding hydrogens is 152 g/mol. The van der Waals surface area contributed by atoms with Gasteiger partial charge in [-0.1, -0.05) is 6.42 Å². The molecule has 0 aromatic heterocycles. The largest absolute Gasteiger partial charge is 0.335 e. The summed E-state index contributed by atoms with van der Waals surface area (Å²) in [5, 5.41) is 3.03. The zero-order valence-corrected chi connectivity index (χ0v) is 7.76. The molecule has 2 saturated carbocycles. The fourth-order valence-corrected chi connectivity index (χ4v) is 2.01. The van der Waals surface area contributed by atoms with E-state index in [2.05, 4.69) is 5.32 Å². The molecule has 0 aliphatic heterocycles. The van der Waals surface area contributed by atoms with Gasteiger partial charge in [-0.2, -0.15) is 0 Å². The Hall–Kier alpha value is -0.730. The summed E-state index contributed by atoms with van der Waals surface area (Å²) in [5.74, 6) is 0. The number of amides is 2. The summed E-state index contributed by atoms with van der Waals surface area (Å²) >= 11 is 0. The SMILES string of the molecule is CN(C)C(=O)NC1CC12CCC2. The minimum Gasteiger partial charge on any atom is -0.335 e. The third-order valence-electron chi connectivity index (χ3n) is 3.24. The smallest absolute Gasteiger partial charge is 0.317 e. The van der Waals surface area contributed by atoms with Crippen LogP contribution in [0.5, 0.6) is 0 Å². The van der Waals surface area contributed by atoms with Crippen molar-refractivity contribution in [1.82, 2.24) is 10.2 Å². The molecule has 2 amide bonds. The summed E-state index contributed by atoms with van der Waals surface area (Å²) in [5.41, 5.74) is 0.547. The van der Waals surface area contributed by atoms with Gasteiger partial charge in [0, 0.05) is 20.1 Å². The highest BCUT2D eigenvalue weighted by atomic mass is 16.2. The summed E-state index contributed by atoms with van der Waals surface area (Å²) in [6, 6.07) is 0.546. The first kappa shape index (κ1) is 7.90. The van der Waals surface area contributed by atoms with Crippen LogP contribution in [-0.2, 0) is 0 Å². The van der Waals surface area contributed by atoms with Gasteiger partial charge in [0.2, 0.25) is 0 Å². The number of hydrogen-bond donors (Lipinski definition) is 1. The Bertz CT molecular complexity index is 209. The molecule has 2 fully saturated rings. The van der Waals surface area contributed by atoms with Crippen LogP contribution in [0.25, 0.3) is 0 Å². The third-order valence-corrected chi connectivity index (χ3v) is 3.24. The van der Waals surface area contributed by atoms with E-state index in [9.17, 15) is 4.79 Å².